The second-order valence-electron chi connectivity index (χ2n) is 4.08. The van der Waals surface area contributed by atoms with E-state index in [1.54, 1.807) is 7.11 Å². The Bertz CT molecular complexity index is 304. The van der Waals surface area contributed by atoms with Crippen molar-refractivity contribution in [2.45, 2.75) is 38.8 Å². The number of methoxy groups -OCH3 is 1. The molecule has 1 heterocycles. The predicted octanol–water partition coefficient (Wildman–Crippen LogP) is 2.20. The third kappa shape index (κ3) is 2.55. The lowest BCUT2D eigenvalue weighted by molar-refractivity contribution is -0.0195. The van der Waals surface area contributed by atoms with E-state index < -0.39 is 0 Å². The molecule has 0 radical (unpaired) electrons. The van der Waals surface area contributed by atoms with Crippen LogP contribution in [-0.2, 0) is 4.74 Å². The van der Waals surface area contributed by atoms with E-state index in [4.69, 9.17) is 10.5 Å². The van der Waals surface area contributed by atoms with Gasteiger partial charge < -0.3 is 10.5 Å². The molecule has 3 nitrogen and oxygen atoms in total. The molecule has 0 aromatic carbocycles. The summed E-state index contributed by atoms with van der Waals surface area (Å²) >= 11 is 0. The van der Waals surface area contributed by atoms with Gasteiger partial charge in [0.2, 0.25) is 0 Å². The molecule has 0 aliphatic rings. The Labute approximate surface area is 91.7 Å². The van der Waals surface area contributed by atoms with Crippen molar-refractivity contribution in [1.29, 1.82) is 0 Å². The summed E-state index contributed by atoms with van der Waals surface area (Å²) < 4.78 is 5.48. The number of rotatable bonds is 4. The number of ether oxygens (including phenoxy) is 1. The third-order valence-corrected chi connectivity index (χ3v) is 3.12. The first kappa shape index (κ1) is 12.1. The van der Waals surface area contributed by atoms with Crippen LogP contribution in [-0.4, -0.2) is 17.7 Å². The van der Waals surface area contributed by atoms with Crippen LogP contribution in [0.1, 0.15) is 37.6 Å². The molecule has 0 aliphatic heterocycles. The Hall–Kier alpha value is -0.930. The third-order valence-electron chi connectivity index (χ3n) is 3.12. The number of nitrogens with two attached hydrogens (primary N) is 1. The van der Waals surface area contributed by atoms with Crippen molar-refractivity contribution in [1.82, 2.24) is 4.98 Å². The molecule has 2 unspecified atom stereocenters. The van der Waals surface area contributed by atoms with E-state index in [9.17, 15) is 0 Å². The standard InChI is InChI=1S/C12H20N2O/c1-5-12(3,15-4)11(13)10-7-6-9(2)14-8-10/h6-8,11H,5,13H2,1-4H3. The van der Waals surface area contributed by atoms with Crippen LogP contribution in [0.5, 0.6) is 0 Å². The SMILES string of the molecule is CCC(C)(OC)C(N)c1ccc(C)nc1. The molecule has 84 valence electrons. The maximum atomic E-state index is 6.18. The average Bonchev–Trinajstić information content (AvgIpc) is 2.28. The van der Waals surface area contributed by atoms with E-state index in [0.717, 1.165) is 17.7 Å². The molecule has 0 spiro atoms. The van der Waals surface area contributed by atoms with Crippen molar-refractivity contribution in [3.8, 4) is 0 Å². The van der Waals surface area contributed by atoms with Crippen LogP contribution in [0.2, 0.25) is 0 Å². The fraction of sp³-hybridized carbons (Fsp3) is 0.583. The molecule has 0 fully saturated rings. The smallest absolute Gasteiger partial charge is 0.0840 e. The van der Waals surface area contributed by atoms with E-state index in [1.165, 1.54) is 0 Å². The van der Waals surface area contributed by atoms with Gasteiger partial charge in [0.1, 0.15) is 0 Å². The number of hydrogen-bond donors (Lipinski definition) is 1. The van der Waals surface area contributed by atoms with Gasteiger partial charge in [-0.05, 0) is 31.9 Å². The van der Waals surface area contributed by atoms with Crippen LogP contribution in [0.3, 0.4) is 0 Å². The van der Waals surface area contributed by atoms with Crippen molar-refractivity contribution in [2.24, 2.45) is 5.73 Å². The second kappa shape index (κ2) is 4.73. The first-order valence-electron chi connectivity index (χ1n) is 5.26. The number of aromatic nitrogens is 1. The Morgan fingerprint density at radius 1 is 1.53 bits per heavy atom. The first-order chi connectivity index (χ1) is 7.03. The maximum absolute atomic E-state index is 6.18. The molecule has 2 atom stereocenters. The topological polar surface area (TPSA) is 48.1 Å². The molecule has 0 aliphatic carbocycles. The fourth-order valence-corrected chi connectivity index (χ4v) is 1.51. The summed E-state index contributed by atoms with van der Waals surface area (Å²) in [5.74, 6) is 0. The zero-order chi connectivity index (χ0) is 11.5. The van der Waals surface area contributed by atoms with Crippen molar-refractivity contribution in [3.63, 3.8) is 0 Å². The lowest BCUT2D eigenvalue weighted by Gasteiger charge is -2.33. The fourth-order valence-electron chi connectivity index (χ4n) is 1.51. The summed E-state index contributed by atoms with van der Waals surface area (Å²) in [6, 6.07) is 3.85. The van der Waals surface area contributed by atoms with E-state index in [1.807, 2.05) is 32.2 Å². The zero-order valence-electron chi connectivity index (χ0n) is 9.95. The molecule has 0 saturated heterocycles. The highest BCUT2D eigenvalue weighted by Gasteiger charge is 2.30. The number of pyridine rings is 1. The lowest BCUT2D eigenvalue weighted by Crippen LogP contribution is -2.39. The van der Waals surface area contributed by atoms with Gasteiger partial charge in [-0.25, -0.2) is 0 Å². The first-order valence-corrected chi connectivity index (χ1v) is 5.26. The number of hydrogen-bond acceptors (Lipinski definition) is 3. The van der Waals surface area contributed by atoms with Crippen molar-refractivity contribution >= 4 is 0 Å². The minimum Gasteiger partial charge on any atom is -0.377 e. The molecule has 1 rings (SSSR count). The van der Waals surface area contributed by atoms with Crippen LogP contribution in [0, 0.1) is 6.92 Å². The Kier molecular flexibility index (Phi) is 3.83. The predicted molar refractivity (Wildman–Crippen MR) is 61.6 cm³/mol. The van der Waals surface area contributed by atoms with Crippen LogP contribution >= 0.6 is 0 Å². The number of aryl methyl sites for hydroxylation is 1. The molecule has 0 amide bonds. The summed E-state index contributed by atoms with van der Waals surface area (Å²) in [4.78, 5) is 4.25. The van der Waals surface area contributed by atoms with Crippen LogP contribution in [0.25, 0.3) is 0 Å². The van der Waals surface area contributed by atoms with E-state index in [0.29, 0.717) is 0 Å². The van der Waals surface area contributed by atoms with Gasteiger partial charge >= 0.3 is 0 Å². The molecule has 0 bridgehead atoms. The molecule has 3 heteroatoms. The van der Waals surface area contributed by atoms with E-state index >= 15 is 0 Å². The normalized spacial score (nSPS) is 17.1. The molecular weight excluding hydrogens is 188 g/mol. The minimum absolute atomic E-state index is 0.138. The van der Waals surface area contributed by atoms with Crippen LogP contribution in [0.4, 0.5) is 0 Å². The molecule has 1 aromatic rings. The largest absolute Gasteiger partial charge is 0.377 e. The summed E-state index contributed by atoms with van der Waals surface area (Å²) in [5, 5.41) is 0. The molecule has 1 aromatic heterocycles. The van der Waals surface area contributed by atoms with Crippen LogP contribution in [0.15, 0.2) is 18.3 Å². The lowest BCUT2D eigenvalue weighted by atomic mass is 9.89. The van der Waals surface area contributed by atoms with E-state index in [-0.39, 0.29) is 11.6 Å². The van der Waals surface area contributed by atoms with Gasteiger partial charge in [0.05, 0.1) is 11.6 Å². The van der Waals surface area contributed by atoms with E-state index in [2.05, 4.69) is 11.9 Å². The summed E-state index contributed by atoms with van der Waals surface area (Å²) in [5.41, 5.74) is 7.88. The van der Waals surface area contributed by atoms with Crippen molar-refractivity contribution in [3.05, 3.63) is 29.6 Å². The summed E-state index contributed by atoms with van der Waals surface area (Å²) in [7, 11) is 1.70. The highest BCUT2D eigenvalue weighted by atomic mass is 16.5. The maximum Gasteiger partial charge on any atom is 0.0840 e. The van der Waals surface area contributed by atoms with Gasteiger partial charge in [-0.2, -0.15) is 0 Å². The number of nitrogens with zero attached hydrogens (tertiary/aromatic N) is 1. The summed E-state index contributed by atoms with van der Waals surface area (Å²) in [6.45, 7) is 6.06. The zero-order valence-corrected chi connectivity index (χ0v) is 9.95. The van der Waals surface area contributed by atoms with Gasteiger partial charge in [0.15, 0.2) is 0 Å². The van der Waals surface area contributed by atoms with Crippen molar-refractivity contribution < 1.29 is 4.74 Å². The van der Waals surface area contributed by atoms with Gasteiger partial charge in [0.25, 0.3) is 0 Å². The Morgan fingerprint density at radius 3 is 2.60 bits per heavy atom. The van der Waals surface area contributed by atoms with Crippen molar-refractivity contribution in [2.75, 3.05) is 7.11 Å². The summed E-state index contributed by atoms with van der Waals surface area (Å²) in [6.07, 6.45) is 2.70. The Morgan fingerprint density at radius 2 is 2.20 bits per heavy atom. The van der Waals surface area contributed by atoms with Gasteiger partial charge in [-0.1, -0.05) is 13.0 Å². The Balaban J connectivity index is 2.92. The second-order valence-corrected chi connectivity index (χ2v) is 4.08. The molecule has 0 saturated carbocycles. The highest BCUT2D eigenvalue weighted by molar-refractivity contribution is 5.19. The average molecular weight is 208 g/mol. The van der Waals surface area contributed by atoms with Gasteiger partial charge in [0, 0.05) is 19.0 Å². The molecular formula is C12H20N2O. The molecule has 2 N–H and O–H groups in total. The van der Waals surface area contributed by atoms with Gasteiger partial charge in [-0.15, -0.1) is 0 Å². The molecule has 15 heavy (non-hydrogen) atoms. The highest BCUT2D eigenvalue weighted by Crippen LogP contribution is 2.28. The van der Waals surface area contributed by atoms with Crippen LogP contribution < -0.4 is 5.73 Å². The van der Waals surface area contributed by atoms with Gasteiger partial charge in [-0.3, -0.25) is 4.98 Å². The minimum atomic E-state index is -0.322. The quantitative estimate of drug-likeness (QED) is 0.825. The monoisotopic (exact) mass is 208 g/mol.